The highest BCUT2D eigenvalue weighted by molar-refractivity contribution is 5.72. The molecule has 0 radical (unpaired) electrons. The van der Waals surface area contributed by atoms with Gasteiger partial charge in [-0.25, -0.2) is 18.7 Å². The third kappa shape index (κ3) is 13.0. The summed E-state index contributed by atoms with van der Waals surface area (Å²) in [6, 6.07) is 5.88. The van der Waals surface area contributed by atoms with Crippen LogP contribution in [0.5, 0.6) is 0 Å². The normalized spacial score (nSPS) is 32.6. The molecule has 2 aromatic heterocycles. The number of halogens is 2. The van der Waals surface area contributed by atoms with Gasteiger partial charge in [0, 0.05) is 80.7 Å². The van der Waals surface area contributed by atoms with Gasteiger partial charge >= 0.3 is 5.97 Å². The molecule has 0 aliphatic carbocycles. The van der Waals surface area contributed by atoms with Crippen molar-refractivity contribution in [1.82, 2.24) is 34.8 Å². The van der Waals surface area contributed by atoms with Crippen molar-refractivity contribution in [1.29, 1.82) is 0 Å². The molecular formula is C46H71F2N7O7. The van der Waals surface area contributed by atoms with Gasteiger partial charge < -0.3 is 39.3 Å². The number of aliphatic hydroxyl groups is 3. The topological polar surface area (TPSA) is 168 Å². The Labute approximate surface area is 366 Å². The average Bonchev–Trinajstić information content (AvgIpc) is 3.69. The van der Waals surface area contributed by atoms with Crippen LogP contribution < -0.4 is 0 Å². The molecule has 2 aliphatic rings. The number of benzene rings is 1. The van der Waals surface area contributed by atoms with Gasteiger partial charge in [0.15, 0.2) is 6.29 Å². The van der Waals surface area contributed by atoms with Gasteiger partial charge in [-0.05, 0) is 91.8 Å². The van der Waals surface area contributed by atoms with Crippen LogP contribution in [0.25, 0.3) is 11.1 Å². The molecule has 0 spiro atoms. The van der Waals surface area contributed by atoms with E-state index < -0.39 is 59.7 Å². The Morgan fingerprint density at radius 3 is 2.40 bits per heavy atom. The number of ether oxygens (including phenoxy) is 3. The number of aromatic nitrogens is 5. The number of aliphatic hydroxyl groups excluding tert-OH is 1. The standard InChI is InChI=1S/C46H71F2N7O7/c1-10-39-45(7,59)42(56)33(5)54(9)27-30(2)24-44(6,58)40(17-12-31(3)43(57)62-39)61-41-23-38(22-32(4)60-41)53(8)21-18-37-28-55(52-51-37)20-11-19-46(47,48)36-15-13-34(14-16-36)35-25-49-29-50-26-35/h13-16,25-26,28-33,38-42,56,58-59H,10-12,17-24,27H2,1-9H3/t30-,31-,32-,33-,38+,39-,40-,41+,42-,44-,45-/m1/s1. The van der Waals surface area contributed by atoms with Crippen molar-refractivity contribution >= 4 is 5.97 Å². The van der Waals surface area contributed by atoms with Crippen molar-refractivity contribution < 1.29 is 43.1 Å². The third-order valence-corrected chi connectivity index (χ3v) is 13.1. The molecule has 14 nitrogen and oxygen atoms in total. The number of rotatable bonds is 13. The lowest BCUT2D eigenvalue weighted by Gasteiger charge is -2.43. The number of aryl methyl sites for hydroxylation is 1. The first-order valence-corrected chi connectivity index (χ1v) is 22.4. The third-order valence-electron chi connectivity index (χ3n) is 13.1. The molecule has 62 heavy (non-hydrogen) atoms. The molecule has 5 rings (SSSR count). The summed E-state index contributed by atoms with van der Waals surface area (Å²) in [5.41, 5.74) is -0.673. The first-order valence-electron chi connectivity index (χ1n) is 22.4. The Morgan fingerprint density at radius 2 is 1.73 bits per heavy atom. The van der Waals surface area contributed by atoms with Crippen LogP contribution in [0.3, 0.4) is 0 Å². The molecule has 2 fully saturated rings. The minimum Gasteiger partial charge on any atom is -0.459 e. The Bertz CT molecular complexity index is 1840. The minimum atomic E-state index is -2.99. The second-order valence-corrected chi connectivity index (χ2v) is 18.7. The van der Waals surface area contributed by atoms with Crippen molar-refractivity contribution in [3.05, 3.63) is 60.4 Å². The summed E-state index contributed by atoms with van der Waals surface area (Å²) in [5.74, 6) is -4.02. The predicted octanol–water partition coefficient (Wildman–Crippen LogP) is 6.02. The van der Waals surface area contributed by atoms with Gasteiger partial charge in [0.25, 0.3) is 5.92 Å². The van der Waals surface area contributed by atoms with Gasteiger partial charge in [0.2, 0.25) is 0 Å². The van der Waals surface area contributed by atoms with Crippen LogP contribution in [0.4, 0.5) is 8.78 Å². The molecule has 0 amide bonds. The van der Waals surface area contributed by atoms with Gasteiger partial charge in [-0.2, -0.15) is 0 Å². The zero-order valence-corrected chi connectivity index (χ0v) is 38.2. The van der Waals surface area contributed by atoms with Crippen LogP contribution >= 0.6 is 0 Å². The molecule has 0 bridgehead atoms. The number of nitrogens with zero attached hydrogens (tertiary/aromatic N) is 7. The zero-order valence-electron chi connectivity index (χ0n) is 38.2. The highest BCUT2D eigenvalue weighted by Gasteiger charge is 2.46. The van der Waals surface area contributed by atoms with Crippen LogP contribution in [0, 0.1) is 11.8 Å². The lowest BCUT2D eigenvalue weighted by molar-refractivity contribution is -0.253. The molecule has 4 heterocycles. The quantitative estimate of drug-likeness (QED) is 0.171. The molecule has 1 aromatic carbocycles. The Morgan fingerprint density at radius 1 is 1.03 bits per heavy atom. The SMILES string of the molecule is CC[C@H]1OC(=O)[C@H](C)CC[C@@H](O[C@H]2C[C@@H](N(C)CCc3cn(CCCC(F)(F)c4ccc(-c5cncnc5)cc4)nn3)C[C@@H](C)O2)[C@](C)(O)C[C@@H](C)CN(C)[C@H](C)[C@@H](O)[C@]1(C)O. The molecule has 3 N–H and O–H groups in total. The van der Waals surface area contributed by atoms with E-state index in [9.17, 15) is 20.1 Å². The van der Waals surface area contributed by atoms with E-state index in [1.165, 1.54) is 25.4 Å². The molecule has 346 valence electrons. The van der Waals surface area contributed by atoms with E-state index >= 15 is 8.78 Å². The number of cyclic esters (lactones) is 1. The van der Waals surface area contributed by atoms with E-state index in [0.717, 1.165) is 23.2 Å². The molecule has 2 saturated heterocycles. The molecular weight excluding hydrogens is 801 g/mol. The van der Waals surface area contributed by atoms with Gasteiger partial charge in [0.05, 0.1) is 29.4 Å². The summed E-state index contributed by atoms with van der Waals surface area (Å²) in [6.07, 6.45) is 6.41. The fourth-order valence-corrected chi connectivity index (χ4v) is 9.10. The van der Waals surface area contributed by atoms with Crippen molar-refractivity contribution in [2.24, 2.45) is 11.8 Å². The number of alkyl halides is 2. The number of hydrogen-bond acceptors (Lipinski definition) is 13. The number of esters is 1. The maximum Gasteiger partial charge on any atom is 0.309 e. The van der Waals surface area contributed by atoms with Crippen LogP contribution in [-0.4, -0.2) is 137 Å². The van der Waals surface area contributed by atoms with E-state index in [1.807, 2.05) is 45.8 Å². The van der Waals surface area contributed by atoms with E-state index in [-0.39, 0.29) is 36.5 Å². The van der Waals surface area contributed by atoms with Crippen LogP contribution in [0.2, 0.25) is 0 Å². The Hall–Kier alpha value is -3.51. The first kappa shape index (κ1) is 49.5. The molecule has 0 saturated carbocycles. The summed E-state index contributed by atoms with van der Waals surface area (Å²) in [5, 5.41) is 43.4. The minimum absolute atomic E-state index is 0.00730. The van der Waals surface area contributed by atoms with Crippen molar-refractivity contribution in [2.75, 3.05) is 27.2 Å². The van der Waals surface area contributed by atoms with Crippen molar-refractivity contribution in [3.63, 3.8) is 0 Å². The molecule has 16 heteroatoms. The van der Waals surface area contributed by atoms with E-state index in [1.54, 1.807) is 43.1 Å². The first-order chi connectivity index (χ1) is 29.2. The van der Waals surface area contributed by atoms with Crippen molar-refractivity contribution in [3.8, 4) is 11.1 Å². The molecule has 11 atom stereocenters. The van der Waals surface area contributed by atoms with Gasteiger partial charge in [-0.15, -0.1) is 5.10 Å². The second kappa shape index (κ2) is 21.4. The smallest absolute Gasteiger partial charge is 0.309 e. The largest absolute Gasteiger partial charge is 0.459 e. The van der Waals surface area contributed by atoms with Crippen LogP contribution in [0.15, 0.2) is 49.2 Å². The molecule has 0 unspecified atom stereocenters. The lowest BCUT2D eigenvalue weighted by Crippen LogP contribution is -2.59. The van der Waals surface area contributed by atoms with E-state index in [4.69, 9.17) is 14.2 Å². The van der Waals surface area contributed by atoms with Gasteiger partial charge in [-0.1, -0.05) is 50.3 Å². The highest BCUT2D eigenvalue weighted by Crippen LogP contribution is 2.36. The lowest BCUT2D eigenvalue weighted by atomic mass is 9.84. The van der Waals surface area contributed by atoms with Crippen LogP contribution in [-0.2, 0) is 37.9 Å². The summed E-state index contributed by atoms with van der Waals surface area (Å²) >= 11 is 0. The van der Waals surface area contributed by atoms with Crippen molar-refractivity contribution in [2.45, 2.75) is 173 Å². The zero-order chi connectivity index (χ0) is 45.4. The Kier molecular flexibility index (Phi) is 17.1. The van der Waals surface area contributed by atoms with E-state index in [2.05, 4.69) is 32.2 Å². The fourth-order valence-electron chi connectivity index (χ4n) is 9.10. The predicted molar refractivity (Wildman–Crippen MR) is 231 cm³/mol. The fraction of sp³-hybridized carbons (Fsp3) is 0.717. The monoisotopic (exact) mass is 872 g/mol. The number of hydrogen-bond donors (Lipinski definition) is 3. The highest BCUT2D eigenvalue weighted by atomic mass is 19.3. The van der Waals surface area contributed by atoms with Gasteiger partial charge in [0.1, 0.15) is 24.1 Å². The van der Waals surface area contributed by atoms with Gasteiger partial charge in [-0.3, -0.25) is 9.48 Å². The summed E-state index contributed by atoms with van der Waals surface area (Å²) in [4.78, 5) is 25.6. The van der Waals surface area contributed by atoms with E-state index in [0.29, 0.717) is 58.2 Å². The summed E-state index contributed by atoms with van der Waals surface area (Å²) in [7, 11) is 3.93. The maximum atomic E-state index is 15.1. The summed E-state index contributed by atoms with van der Waals surface area (Å²) in [6.45, 7) is 14.3. The average molecular weight is 872 g/mol. The maximum absolute atomic E-state index is 15.1. The number of likely N-dealkylation sites (N-methyl/N-ethyl adjacent to an activating group) is 2. The molecule has 3 aromatic rings. The number of carbonyl (C=O) groups is 1. The second-order valence-electron chi connectivity index (χ2n) is 18.7. The Balaban J connectivity index is 1.16. The number of carbonyl (C=O) groups excluding carboxylic acids is 1. The summed E-state index contributed by atoms with van der Waals surface area (Å²) < 4.78 is 50.8. The molecule has 2 aliphatic heterocycles. The van der Waals surface area contributed by atoms with Crippen LogP contribution in [0.1, 0.15) is 111 Å².